The van der Waals surface area contributed by atoms with Gasteiger partial charge in [-0.15, -0.1) is 11.3 Å². The molecule has 2 aliphatic heterocycles. The molecule has 82 heavy (non-hydrogen) atoms. The number of aromatic amines is 1. The molecule has 0 unspecified atom stereocenters. The highest BCUT2D eigenvalue weighted by Gasteiger charge is 2.44. The number of amides is 5. The van der Waals surface area contributed by atoms with Crippen molar-refractivity contribution in [3.05, 3.63) is 131 Å². The number of aliphatic hydroxyl groups excluding tert-OH is 1. The second-order valence-electron chi connectivity index (χ2n) is 22.3. The molecule has 7 aromatic rings. The van der Waals surface area contributed by atoms with Crippen LogP contribution in [0.4, 0.5) is 30.4 Å². The molecular formula is C60H69F3N12O6S. The lowest BCUT2D eigenvalue weighted by molar-refractivity contribution is -0.144. The molecule has 5 amide bonds. The molecule has 0 saturated carbocycles. The highest BCUT2D eigenvalue weighted by atomic mass is 32.1. The maximum Gasteiger partial charge on any atom is 0.416 e. The molecule has 2 fully saturated rings. The molecule has 22 heteroatoms. The summed E-state index contributed by atoms with van der Waals surface area (Å²) in [6.45, 7) is 13.5. The number of alkyl halides is 3. The van der Waals surface area contributed by atoms with Crippen molar-refractivity contribution in [3.63, 3.8) is 0 Å². The zero-order valence-corrected chi connectivity index (χ0v) is 47.4. The van der Waals surface area contributed by atoms with Crippen LogP contribution in [-0.4, -0.2) is 127 Å². The number of unbranched alkanes of at least 4 members (excludes halogenated alkanes) is 3. The second-order valence-corrected chi connectivity index (χ2v) is 23.1. The number of aromatic nitrogens is 5. The average molecular weight is 1140 g/mol. The summed E-state index contributed by atoms with van der Waals surface area (Å²) in [7, 11) is 0. The van der Waals surface area contributed by atoms with E-state index in [2.05, 4.69) is 51.3 Å². The lowest BCUT2D eigenvalue weighted by Crippen LogP contribution is -2.57. The highest BCUT2D eigenvalue weighted by Crippen LogP contribution is 2.34. The first kappa shape index (κ1) is 58.7. The number of nitrogens with one attached hydrogen (secondary N) is 5. The molecule has 18 nitrogen and oxygen atoms in total. The van der Waals surface area contributed by atoms with Crippen LogP contribution in [-0.2, 0) is 38.4 Å². The summed E-state index contributed by atoms with van der Waals surface area (Å²) in [5.74, 6) is -1.43. The fourth-order valence-electron chi connectivity index (χ4n) is 10.5. The standard InChI is InChI=1S/C60H69F3N12O6S/c1-37-11-19-44(29-48(37)60(61,62)63)67-52(78)35-74-33-43(32-66-74)42-18-22-47-49(28-42)70-71-55(47)69-56(79)41-16-20-45(21-17-41)73-26-24-72(25-27-73)23-9-7-6-8-10-51(77)68-54(59(3,4)5)58(81)75-34-46(76)30-50(75)57(80)64-31-39-12-14-40(15-13-39)53-38(2)65-36-82-53/h11-22,28-29,32-33,36,46,50,54,76H,6-10,23-27,30-31,34-35H2,1-5H3,(H,64,80)(H,67,78)(H,68,77)(H2,69,70,71,79)/t46-,50+,54-/m1/s1. The van der Waals surface area contributed by atoms with Crippen LogP contribution in [0.1, 0.15) is 92.0 Å². The van der Waals surface area contributed by atoms with Crippen LogP contribution in [0.3, 0.4) is 0 Å². The Bertz CT molecular complexity index is 3400. The zero-order chi connectivity index (χ0) is 58.3. The Morgan fingerprint density at radius 3 is 2.27 bits per heavy atom. The number of carbonyl (C=O) groups excluding carboxylic acids is 5. The maximum atomic E-state index is 14.1. The molecule has 4 aromatic carbocycles. The predicted octanol–water partition coefficient (Wildman–Crippen LogP) is 8.96. The molecule has 432 valence electrons. The van der Waals surface area contributed by atoms with Gasteiger partial charge in [-0.3, -0.25) is 38.7 Å². The van der Waals surface area contributed by atoms with E-state index in [1.165, 1.54) is 28.6 Å². The van der Waals surface area contributed by atoms with Gasteiger partial charge in [-0.1, -0.05) is 70.0 Å². The van der Waals surface area contributed by atoms with Gasteiger partial charge in [0.15, 0.2) is 5.82 Å². The lowest BCUT2D eigenvalue weighted by atomic mass is 9.85. The van der Waals surface area contributed by atoms with Gasteiger partial charge in [-0.05, 0) is 109 Å². The summed E-state index contributed by atoms with van der Waals surface area (Å²) in [5, 5.41) is 34.3. The van der Waals surface area contributed by atoms with Gasteiger partial charge in [0.05, 0.1) is 39.5 Å². The van der Waals surface area contributed by atoms with Crippen molar-refractivity contribution in [3.8, 4) is 21.6 Å². The van der Waals surface area contributed by atoms with Crippen molar-refractivity contribution in [2.75, 3.05) is 54.8 Å². The Labute approximate surface area is 477 Å². The fraction of sp³-hybridized carbons (Fsp3) is 0.400. The van der Waals surface area contributed by atoms with Crippen molar-refractivity contribution < 1.29 is 42.3 Å². The topological polar surface area (TPSA) is 223 Å². The second kappa shape index (κ2) is 25.5. The molecule has 3 atom stereocenters. The molecule has 5 heterocycles. The van der Waals surface area contributed by atoms with E-state index >= 15 is 0 Å². The summed E-state index contributed by atoms with van der Waals surface area (Å²) in [5.41, 5.74) is 6.99. The number of aryl methyl sites for hydroxylation is 2. The smallest absolute Gasteiger partial charge is 0.391 e. The number of thiazole rings is 1. The molecule has 6 N–H and O–H groups in total. The Morgan fingerprint density at radius 2 is 1.56 bits per heavy atom. The van der Waals surface area contributed by atoms with Crippen LogP contribution in [0.5, 0.6) is 0 Å². The molecular weight excluding hydrogens is 1070 g/mol. The van der Waals surface area contributed by atoms with Gasteiger partial charge < -0.3 is 36.2 Å². The largest absolute Gasteiger partial charge is 0.416 e. The first-order chi connectivity index (χ1) is 39.2. The van der Waals surface area contributed by atoms with Crippen molar-refractivity contribution in [1.82, 2.24) is 45.4 Å². The Hall–Kier alpha value is -7.95. The maximum absolute atomic E-state index is 14.1. The van der Waals surface area contributed by atoms with Crippen LogP contribution in [0.2, 0.25) is 0 Å². The number of halogens is 3. The van der Waals surface area contributed by atoms with E-state index in [0.29, 0.717) is 34.3 Å². The number of rotatable bonds is 20. The van der Waals surface area contributed by atoms with Gasteiger partial charge in [0.2, 0.25) is 23.6 Å². The Kier molecular flexibility index (Phi) is 18.2. The van der Waals surface area contributed by atoms with E-state index in [9.17, 15) is 42.3 Å². The molecule has 3 aromatic heterocycles. The van der Waals surface area contributed by atoms with Crippen LogP contribution in [0, 0.1) is 19.3 Å². The van der Waals surface area contributed by atoms with Gasteiger partial charge >= 0.3 is 6.18 Å². The quantitative estimate of drug-likeness (QED) is 0.0395. The monoisotopic (exact) mass is 1140 g/mol. The van der Waals surface area contributed by atoms with Gasteiger partial charge in [0.1, 0.15) is 18.6 Å². The van der Waals surface area contributed by atoms with E-state index < -0.39 is 41.2 Å². The zero-order valence-electron chi connectivity index (χ0n) is 46.6. The van der Waals surface area contributed by atoms with Gasteiger partial charge in [-0.2, -0.15) is 23.4 Å². The molecule has 2 saturated heterocycles. The lowest BCUT2D eigenvalue weighted by Gasteiger charge is -2.36. The summed E-state index contributed by atoms with van der Waals surface area (Å²) < 4.78 is 41.5. The Morgan fingerprint density at radius 1 is 0.829 bits per heavy atom. The van der Waals surface area contributed by atoms with Crippen LogP contribution < -0.4 is 26.2 Å². The molecule has 9 rings (SSSR count). The number of piperazine rings is 1. The number of β-amino-alcohol motifs (C(OH)–C–C–N with tert-alkyl or cyclic N) is 1. The molecule has 0 spiro atoms. The van der Waals surface area contributed by atoms with Gasteiger partial charge in [0.25, 0.3) is 5.91 Å². The summed E-state index contributed by atoms with van der Waals surface area (Å²) >= 11 is 1.57. The van der Waals surface area contributed by atoms with Crippen LogP contribution in [0.15, 0.2) is 103 Å². The number of nitrogens with zero attached hydrogens (tertiary/aromatic N) is 7. The summed E-state index contributed by atoms with van der Waals surface area (Å²) in [6.07, 6.45) is 1.74. The number of aliphatic hydroxyl groups is 1. The third-order valence-electron chi connectivity index (χ3n) is 15.1. The van der Waals surface area contributed by atoms with E-state index in [1.807, 2.05) is 87.8 Å². The minimum atomic E-state index is -4.54. The van der Waals surface area contributed by atoms with E-state index in [4.69, 9.17) is 0 Å². The number of anilines is 3. The first-order valence-corrected chi connectivity index (χ1v) is 28.5. The summed E-state index contributed by atoms with van der Waals surface area (Å²) in [4.78, 5) is 78.6. The van der Waals surface area contributed by atoms with E-state index in [0.717, 1.165) is 91.0 Å². The van der Waals surface area contributed by atoms with E-state index in [1.54, 1.807) is 35.9 Å². The number of likely N-dealkylation sites (tertiary alicyclic amines) is 1. The highest BCUT2D eigenvalue weighted by molar-refractivity contribution is 7.13. The number of hydrogen-bond donors (Lipinski definition) is 6. The minimum Gasteiger partial charge on any atom is -0.391 e. The minimum absolute atomic E-state index is 0.0135. The SMILES string of the molecule is Cc1ccc(NC(=O)Cn2cc(-c3ccc4c(NC(=O)c5ccc(N6CCN(CCCCCCC(=O)N[C@H](C(=O)N7C[C@H](O)C[C@H]7C(=O)NCc7ccc(-c8scnc8C)cc7)C(C)(C)C)CC6)cc5)n[nH]c4c3)cn2)cc1C(F)(F)F. The molecule has 0 aliphatic carbocycles. The third kappa shape index (κ3) is 14.6. The van der Waals surface area contributed by atoms with Crippen molar-refractivity contribution in [2.24, 2.45) is 5.41 Å². The van der Waals surface area contributed by atoms with E-state index in [-0.39, 0.29) is 67.4 Å². The number of carbonyl (C=O) groups is 5. The number of benzene rings is 4. The summed E-state index contributed by atoms with van der Waals surface area (Å²) in [6, 6.07) is 22.8. The first-order valence-electron chi connectivity index (χ1n) is 27.6. The van der Waals surface area contributed by atoms with Crippen LogP contribution >= 0.6 is 11.3 Å². The third-order valence-corrected chi connectivity index (χ3v) is 16.1. The van der Waals surface area contributed by atoms with Gasteiger partial charge in [-0.25, -0.2) is 4.98 Å². The average Bonchev–Trinajstić information content (AvgIpc) is 4.37. The number of hydrogen-bond acceptors (Lipinski definition) is 12. The number of H-pyrrole nitrogens is 1. The van der Waals surface area contributed by atoms with Crippen molar-refractivity contribution >= 4 is 69.0 Å². The normalized spacial score (nSPS) is 16.3. The van der Waals surface area contributed by atoms with Crippen LogP contribution in [0.25, 0.3) is 32.5 Å². The number of fused-ring (bicyclic) bond motifs is 1. The van der Waals surface area contributed by atoms with Gasteiger partial charge in [0, 0.05) is 86.2 Å². The molecule has 0 bridgehead atoms. The fourth-order valence-corrected chi connectivity index (χ4v) is 11.3. The Balaban J connectivity index is 0.665. The van der Waals surface area contributed by atoms with Crippen molar-refractivity contribution in [2.45, 2.75) is 111 Å². The van der Waals surface area contributed by atoms with Crippen molar-refractivity contribution in [1.29, 1.82) is 0 Å². The molecule has 2 aliphatic rings. The predicted molar refractivity (Wildman–Crippen MR) is 310 cm³/mol. The molecule has 0 radical (unpaired) electrons.